The number of benzene rings is 2. The number of ether oxygens (including phenoxy) is 2. The Morgan fingerprint density at radius 2 is 1.67 bits per heavy atom. The molecule has 0 bridgehead atoms. The van der Waals surface area contributed by atoms with Gasteiger partial charge >= 0.3 is 0 Å². The summed E-state index contributed by atoms with van der Waals surface area (Å²) in [4.78, 5) is 0. The summed E-state index contributed by atoms with van der Waals surface area (Å²) >= 11 is 3.40. The van der Waals surface area contributed by atoms with Crippen molar-refractivity contribution in [3.05, 3.63) is 58.4 Å². The molecule has 3 aromatic rings. The normalized spacial score (nSPS) is 11.0. The molecule has 1 aromatic heterocycles. The molecule has 0 saturated carbocycles. The zero-order chi connectivity index (χ0) is 16.9. The molecule has 5 nitrogen and oxygen atoms in total. The van der Waals surface area contributed by atoms with Crippen molar-refractivity contribution in [2.45, 2.75) is 0 Å². The molecule has 0 aliphatic heterocycles. The Balaban J connectivity index is 1.79. The number of hydrogen-bond acceptors (Lipinski definition) is 5. The fourth-order valence-corrected chi connectivity index (χ4v) is 2.40. The maximum Gasteiger partial charge on any atom is 0.248 e. The standard InChI is InChI=1S/C18H15BrN2O3/c1-22-15-9-3-12(11-16(15)23-2)4-10-17-20-21-18(24-17)13-5-7-14(19)8-6-13/h3-11H,1-2H3/b10-4+. The number of rotatable bonds is 5. The molecule has 0 saturated heterocycles. The van der Waals surface area contributed by atoms with Gasteiger partial charge in [0.2, 0.25) is 11.8 Å². The summed E-state index contributed by atoms with van der Waals surface area (Å²) in [7, 11) is 3.21. The number of aromatic nitrogens is 2. The Morgan fingerprint density at radius 1 is 0.917 bits per heavy atom. The van der Waals surface area contributed by atoms with Gasteiger partial charge in [0.15, 0.2) is 11.5 Å². The van der Waals surface area contributed by atoms with Crippen LogP contribution in [0, 0.1) is 0 Å². The average molecular weight is 387 g/mol. The van der Waals surface area contributed by atoms with Crippen LogP contribution < -0.4 is 9.47 Å². The zero-order valence-corrected chi connectivity index (χ0v) is 14.8. The second kappa shape index (κ2) is 7.31. The van der Waals surface area contributed by atoms with Crippen molar-refractivity contribution < 1.29 is 13.9 Å². The summed E-state index contributed by atoms with van der Waals surface area (Å²) in [5.74, 6) is 2.27. The van der Waals surface area contributed by atoms with Crippen molar-refractivity contribution in [2.75, 3.05) is 14.2 Å². The highest BCUT2D eigenvalue weighted by molar-refractivity contribution is 9.10. The lowest BCUT2D eigenvalue weighted by Crippen LogP contribution is -1.90. The zero-order valence-electron chi connectivity index (χ0n) is 13.2. The molecule has 0 spiro atoms. The Morgan fingerprint density at radius 3 is 2.38 bits per heavy atom. The van der Waals surface area contributed by atoms with Crippen LogP contribution in [0.25, 0.3) is 23.6 Å². The van der Waals surface area contributed by atoms with Crippen LogP contribution in [-0.4, -0.2) is 24.4 Å². The molecule has 0 radical (unpaired) electrons. The summed E-state index contributed by atoms with van der Waals surface area (Å²) < 4.78 is 17.2. The molecular formula is C18H15BrN2O3. The molecule has 3 rings (SSSR count). The van der Waals surface area contributed by atoms with E-state index in [-0.39, 0.29) is 0 Å². The summed E-state index contributed by atoms with van der Waals surface area (Å²) in [5.41, 5.74) is 1.81. The van der Waals surface area contributed by atoms with Gasteiger partial charge in [-0.2, -0.15) is 0 Å². The summed E-state index contributed by atoms with van der Waals surface area (Å²) in [6.45, 7) is 0. The quantitative estimate of drug-likeness (QED) is 0.636. The van der Waals surface area contributed by atoms with Crippen LogP contribution in [0.15, 0.2) is 51.4 Å². The molecule has 24 heavy (non-hydrogen) atoms. The van der Waals surface area contributed by atoms with Crippen molar-refractivity contribution in [3.8, 4) is 23.0 Å². The smallest absolute Gasteiger partial charge is 0.248 e. The van der Waals surface area contributed by atoms with E-state index in [9.17, 15) is 0 Å². The van der Waals surface area contributed by atoms with Crippen molar-refractivity contribution in [1.82, 2.24) is 10.2 Å². The maximum absolute atomic E-state index is 5.65. The van der Waals surface area contributed by atoms with Crippen LogP contribution in [0.1, 0.15) is 11.5 Å². The lowest BCUT2D eigenvalue weighted by molar-refractivity contribution is 0.355. The van der Waals surface area contributed by atoms with Gasteiger partial charge in [-0.15, -0.1) is 10.2 Å². The van der Waals surface area contributed by atoms with Crippen LogP contribution in [-0.2, 0) is 0 Å². The Labute approximate surface area is 148 Å². The fraction of sp³-hybridized carbons (Fsp3) is 0.111. The van der Waals surface area contributed by atoms with Gasteiger partial charge in [-0.3, -0.25) is 0 Å². The molecule has 0 N–H and O–H groups in total. The molecular weight excluding hydrogens is 372 g/mol. The van der Waals surface area contributed by atoms with Crippen molar-refractivity contribution in [3.63, 3.8) is 0 Å². The lowest BCUT2D eigenvalue weighted by atomic mass is 10.2. The Kier molecular flexibility index (Phi) is 4.96. The number of hydrogen-bond donors (Lipinski definition) is 0. The van der Waals surface area contributed by atoms with Gasteiger partial charge in [-0.1, -0.05) is 22.0 Å². The highest BCUT2D eigenvalue weighted by Gasteiger charge is 2.07. The van der Waals surface area contributed by atoms with E-state index in [0.717, 1.165) is 15.6 Å². The molecule has 0 unspecified atom stereocenters. The van der Waals surface area contributed by atoms with Crippen LogP contribution in [0.4, 0.5) is 0 Å². The average Bonchev–Trinajstić information content (AvgIpc) is 3.09. The topological polar surface area (TPSA) is 57.4 Å². The summed E-state index contributed by atoms with van der Waals surface area (Å²) in [6.07, 6.45) is 3.64. The molecule has 0 fully saturated rings. The highest BCUT2D eigenvalue weighted by Crippen LogP contribution is 2.28. The van der Waals surface area contributed by atoms with Gasteiger partial charge in [-0.05, 0) is 48.0 Å². The van der Waals surface area contributed by atoms with Crippen LogP contribution >= 0.6 is 15.9 Å². The van der Waals surface area contributed by atoms with Crippen molar-refractivity contribution in [2.24, 2.45) is 0 Å². The van der Waals surface area contributed by atoms with E-state index >= 15 is 0 Å². The molecule has 1 heterocycles. The van der Waals surface area contributed by atoms with Gasteiger partial charge in [0.05, 0.1) is 14.2 Å². The van der Waals surface area contributed by atoms with Crippen LogP contribution in [0.3, 0.4) is 0 Å². The molecule has 0 atom stereocenters. The van der Waals surface area contributed by atoms with Gasteiger partial charge < -0.3 is 13.9 Å². The summed E-state index contributed by atoms with van der Waals surface area (Å²) in [5, 5.41) is 8.10. The van der Waals surface area contributed by atoms with Gasteiger partial charge in [-0.25, -0.2) is 0 Å². The third-order valence-electron chi connectivity index (χ3n) is 3.36. The minimum Gasteiger partial charge on any atom is -0.493 e. The van der Waals surface area contributed by atoms with E-state index in [2.05, 4.69) is 26.1 Å². The second-order valence-electron chi connectivity index (χ2n) is 4.90. The largest absolute Gasteiger partial charge is 0.493 e. The molecule has 6 heteroatoms. The summed E-state index contributed by atoms with van der Waals surface area (Å²) in [6, 6.07) is 13.3. The van der Waals surface area contributed by atoms with E-state index < -0.39 is 0 Å². The highest BCUT2D eigenvalue weighted by atomic mass is 79.9. The van der Waals surface area contributed by atoms with Gasteiger partial charge in [0.1, 0.15) is 0 Å². The van der Waals surface area contributed by atoms with E-state index in [1.54, 1.807) is 20.3 Å². The maximum atomic E-state index is 5.65. The van der Waals surface area contributed by atoms with Crippen LogP contribution in [0.2, 0.25) is 0 Å². The van der Waals surface area contributed by atoms with E-state index in [1.807, 2.05) is 48.5 Å². The lowest BCUT2D eigenvalue weighted by Gasteiger charge is -2.07. The number of halogens is 1. The predicted molar refractivity (Wildman–Crippen MR) is 95.9 cm³/mol. The second-order valence-corrected chi connectivity index (χ2v) is 5.82. The van der Waals surface area contributed by atoms with Crippen molar-refractivity contribution in [1.29, 1.82) is 0 Å². The first-order chi connectivity index (χ1) is 11.7. The SMILES string of the molecule is COc1ccc(/C=C/c2nnc(-c3ccc(Br)cc3)o2)cc1OC. The first kappa shape index (κ1) is 16.3. The van der Waals surface area contributed by atoms with Crippen LogP contribution in [0.5, 0.6) is 11.5 Å². The first-order valence-electron chi connectivity index (χ1n) is 7.19. The minimum absolute atomic E-state index is 0.433. The minimum atomic E-state index is 0.433. The third-order valence-corrected chi connectivity index (χ3v) is 3.89. The van der Waals surface area contributed by atoms with E-state index in [1.165, 1.54) is 0 Å². The molecule has 0 aliphatic carbocycles. The third kappa shape index (κ3) is 3.65. The predicted octanol–water partition coefficient (Wildman–Crippen LogP) is 4.69. The van der Waals surface area contributed by atoms with Gasteiger partial charge in [0.25, 0.3) is 0 Å². The Bertz CT molecular complexity index is 857. The van der Waals surface area contributed by atoms with Crippen molar-refractivity contribution >= 4 is 28.1 Å². The number of methoxy groups -OCH3 is 2. The van der Waals surface area contributed by atoms with E-state index in [4.69, 9.17) is 13.9 Å². The van der Waals surface area contributed by atoms with Gasteiger partial charge in [0, 0.05) is 16.1 Å². The molecule has 0 aliphatic rings. The fourth-order valence-electron chi connectivity index (χ4n) is 2.14. The monoisotopic (exact) mass is 386 g/mol. The molecule has 122 valence electrons. The van der Waals surface area contributed by atoms with E-state index in [0.29, 0.717) is 23.3 Å². The first-order valence-corrected chi connectivity index (χ1v) is 7.98. The number of nitrogens with zero attached hydrogens (tertiary/aromatic N) is 2. The Hall–Kier alpha value is -2.60. The molecule has 0 amide bonds. The molecule has 2 aromatic carbocycles.